The van der Waals surface area contributed by atoms with Crippen LogP contribution >= 0.6 is 0 Å². The second kappa shape index (κ2) is 7.76. The first-order valence-corrected chi connectivity index (χ1v) is 10.7. The summed E-state index contributed by atoms with van der Waals surface area (Å²) >= 11 is 0. The summed E-state index contributed by atoms with van der Waals surface area (Å²) in [5.41, 5.74) is 0.209. The predicted molar refractivity (Wildman–Crippen MR) is 108 cm³/mol. The molecule has 1 N–H and O–H groups in total. The lowest BCUT2D eigenvalue weighted by atomic mass is 10.1. The molecule has 4 rings (SSSR count). The number of benzene rings is 2. The van der Waals surface area contributed by atoms with Gasteiger partial charge in [0, 0.05) is 31.6 Å². The molecule has 29 heavy (non-hydrogen) atoms. The number of piperazine rings is 1. The van der Waals surface area contributed by atoms with Crippen molar-refractivity contribution in [1.82, 2.24) is 19.4 Å². The number of carbonyl (C=O) groups is 1. The van der Waals surface area contributed by atoms with Crippen LogP contribution < -0.4 is 5.56 Å². The summed E-state index contributed by atoms with van der Waals surface area (Å²) in [6, 6.07) is 15.3. The highest BCUT2D eigenvalue weighted by Gasteiger charge is 2.30. The number of amides is 1. The van der Waals surface area contributed by atoms with Gasteiger partial charge in [-0.25, -0.2) is 13.5 Å². The molecule has 1 saturated heterocycles. The summed E-state index contributed by atoms with van der Waals surface area (Å²) in [5, 5.41) is 7.61. The van der Waals surface area contributed by atoms with Crippen molar-refractivity contribution in [2.45, 2.75) is 11.3 Å². The molecule has 0 atom stereocenters. The maximum Gasteiger partial charge on any atom is 0.272 e. The van der Waals surface area contributed by atoms with Crippen LogP contribution in [0.1, 0.15) is 5.69 Å². The van der Waals surface area contributed by atoms with E-state index >= 15 is 0 Å². The van der Waals surface area contributed by atoms with Crippen LogP contribution in [0.3, 0.4) is 0 Å². The Kier molecular flexibility index (Phi) is 5.16. The molecule has 1 aromatic heterocycles. The minimum atomic E-state index is -3.56. The minimum Gasteiger partial charge on any atom is -0.340 e. The Labute approximate surface area is 167 Å². The lowest BCUT2D eigenvalue weighted by molar-refractivity contribution is -0.131. The van der Waals surface area contributed by atoms with Gasteiger partial charge < -0.3 is 4.90 Å². The molecule has 0 aliphatic carbocycles. The van der Waals surface area contributed by atoms with Crippen molar-refractivity contribution in [2.75, 3.05) is 26.2 Å². The Morgan fingerprint density at radius 1 is 0.931 bits per heavy atom. The molecule has 150 valence electrons. The standard InChI is InChI=1S/C20H20N4O4S/c25-19(14-18-16-8-4-5-9-17(16)20(26)22-21-18)23-10-12-24(13-11-23)29(27,28)15-6-2-1-3-7-15/h1-9H,10-14H2,(H,22,26). The number of carbonyl (C=O) groups excluding carboxylic acids is 1. The average Bonchev–Trinajstić information content (AvgIpc) is 2.76. The third kappa shape index (κ3) is 3.79. The van der Waals surface area contributed by atoms with Gasteiger partial charge in [0.25, 0.3) is 5.56 Å². The second-order valence-electron chi connectivity index (χ2n) is 6.82. The molecule has 0 radical (unpaired) electrons. The second-order valence-corrected chi connectivity index (χ2v) is 8.76. The zero-order valence-electron chi connectivity index (χ0n) is 15.6. The molecule has 9 heteroatoms. The number of fused-ring (bicyclic) bond motifs is 1. The lowest BCUT2D eigenvalue weighted by Gasteiger charge is -2.34. The zero-order chi connectivity index (χ0) is 20.4. The van der Waals surface area contributed by atoms with Gasteiger partial charge in [0.2, 0.25) is 15.9 Å². The predicted octanol–water partition coefficient (Wildman–Crippen LogP) is 0.999. The molecule has 0 unspecified atom stereocenters. The number of aromatic nitrogens is 2. The fourth-order valence-electron chi connectivity index (χ4n) is 3.48. The van der Waals surface area contributed by atoms with E-state index in [1.165, 1.54) is 4.31 Å². The summed E-state index contributed by atoms with van der Waals surface area (Å²) in [7, 11) is -3.56. The summed E-state index contributed by atoms with van der Waals surface area (Å²) in [6.45, 7) is 1.10. The van der Waals surface area contributed by atoms with Crippen molar-refractivity contribution < 1.29 is 13.2 Å². The van der Waals surface area contributed by atoms with E-state index in [1.54, 1.807) is 59.5 Å². The van der Waals surface area contributed by atoms with E-state index in [-0.39, 0.29) is 35.9 Å². The van der Waals surface area contributed by atoms with E-state index in [0.29, 0.717) is 29.6 Å². The van der Waals surface area contributed by atoms with Gasteiger partial charge in [0.05, 0.1) is 22.4 Å². The summed E-state index contributed by atoms with van der Waals surface area (Å²) in [4.78, 5) is 26.5. The number of nitrogens with one attached hydrogen (secondary N) is 1. The molecule has 0 spiro atoms. The van der Waals surface area contributed by atoms with Crippen LogP contribution in [0.5, 0.6) is 0 Å². The van der Waals surface area contributed by atoms with Gasteiger partial charge >= 0.3 is 0 Å². The molecule has 0 bridgehead atoms. The van der Waals surface area contributed by atoms with Crippen LogP contribution in [0, 0.1) is 0 Å². The first kappa shape index (κ1) is 19.3. The number of sulfonamides is 1. The third-order valence-corrected chi connectivity index (χ3v) is 6.98. The number of rotatable bonds is 4. The van der Waals surface area contributed by atoms with E-state index in [4.69, 9.17) is 0 Å². The highest BCUT2D eigenvalue weighted by molar-refractivity contribution is 7.89. The number of hydrogen-bond acceptors (Lipinski definition) is 5. The highest BCUT2D eigenvalue weighted by atomic mass is 32.2. The quantitative estimate of drug-likeness (QED) is 0.689. The number of hydrogen-bond donors (Lipinski definition) is 1. The van der Waals surface area contributed by atoms with Crippen LogP contribution in [-0.2, 0) is 21.2 Å². The van der Waals surface area contributed by atoms with E-state index in [1.807, 2.05) is 0 Å². The van der Waals surface area contributed by atoms with Crippen LogP contribution in [-0.4, -0.2) is 59.9 Å². The summed E-state index contributed by atoms with van der Waals surface area (Å²) < 4.78 is 26.8. The molecule has 2 heterocycles. The maximum absolute atomic E-state index is 12.7. The normalized spacial score (nSPS) is 15.5. The van der Waals surface area contributed by atoms with Crippen LogP contribution in [0.2, 0.25) is 0 Å². The number of H-pyrrole nitrogens is 1. The average molecular weight is 412 g/mol. The van der Waals surface area contributed by atoms with Gasteiger partial charge in [-0.3, -0.25) is 9.59 Å². The molecule has 8 nitrogen and oxygen atoms in total. The Bertz CT molecular complexity index is 1200. The fraction of sp³-hybridized carbons (Fsp3) is 0.250. The van der Waals surface area contributed by atoms with Gasteiger partial charge in [0.15, 0.2) is 0 Å². The smallest absolute Gasteiger partial charge is 0.272 e. The first-order valence-electron chi connectivity index (χ1n) is 9.26. The Balaban J connectivity index is 1.45. The molecule has 2 aromatic carbocycles. The number of aromatic amines is 1. The first-order chi connectivity index (χ1) is 14.0. The molecule has 3 aromatic rings. The van der Waals surface area contributed by atoms with Crippen molar-refractivity contribution in [3.8, 4) is 0 Å². The van der Waals surface area contributed by atoms with Crippen molar-refractivity contribution in [3.63, 3.8) is 0 Å². The molecule has 1 fully saturated rings. The Hall–Kier alpha value is -3.04. The molecule has 1 amide bonds. The van der Waals surface area contributed by atoms with Crippen molar-refractivity contribution in [1.29, 1.82) is 0 Å². The lowest BCUT2D eigenvalue weighted by Crippen LogP contribution is -2.50. The van der Waals surface area contributed by atoms with Gasteiger partial charge in [-0.15, -0.1) is 0 Å². The third-order valence-electron chi connectivity index (χ3n) is 5.07. The van der Waals surface area contributed by atoms with Crippen molar-refractivity contribution >= 4 is 26.7 Å². The molecular weight excluding hydrogens is 392 g/mol. The van der Waals surface area contributed by atoms with Crippen molar-refractivity contribution in [3.05, 3.63) is 70.6 Å². The van der Waals surface area contributed by atoms with Crippen LogP contribution in [0.15, 0.2) is 64.3 Å². The molecule has 1 aliphatic heterocycles. The largest absolute Gasteiger partial charge is 0.340 e. The minimum absolute atomic E-state index is 0.0444. The monoisotopic (exact) mass is 412 g/mol. The summed E-state index contributed by atoms with van der Waals surface area (Å²) in [5.74, 6) is -0.147. The van der Waals surface area contributed by atoms with Gasteiger partial charge in [-0.2, -0.15) is 9.40 Å². The van der Waals surface area contributed by atoms with E-state index in [2.05, 4.69) is 10.2 Å². The Morgan fingerprint density at radius 3 is 2.24 bits per heavy atom. The SMILES string of the molecule is O=C(Cc1n[nH]c(=O)c2ccccc12)N1CCN(S(=O)(=O)c2ccccc2)CC1. The molecule has 1 aliphatic rings. The van der Waals surface area contributed by atoms with E-state index in [9.17, 15) is 18.0 Å². The summed E-state index contributed by atoms with van der Waals surface area (Å²) in [6.07, 6.45) is 0.0444. The van der Waals surface area contributed by atoms with Crippen LogP contribution in [0.4, 0.5) is 0 Å². The zero-order valence-corrected chi connectivity index (χ0v) is 16.4. The highest BCUT2D eigenvalue weighted by Crippen LogP contribution is 2.18. The van der Waals surface area contributed by atoms with Gasteiger partial charge in [0.1, 0.15) is 0 Å². The van der Waals surface area contributed by atoms with Crippen LogP contribution in [0.25, 0.3) is 10.8 Å². The number of nitrogens with zero attached hydrogens (tertiary/aromatic N) is 3. The van der Waals surface area contributed by atoms with E-state index in [0.717, 1.165) is 0 Å². The van der Waals surface area contributed by atoms with Gasteiger partial charge in [-0.05, 0) is 18.2 Å². The van der Waals surface area contributed by atoms with E-state index < -0.39 is 10.0 Å². The topological polar surface area (TPSA) is 103 Å². The fourth-order valence-corrected chi connectivity index (χ4v) is 4.92. The van der Waals surface area contributed by atoms with Crippen molar-refractivity contribution in [2.24, 2.45) is 0 Å². The molecule has 0 saturated carbocycles. The molecular formula is C20H20N4O4S. The maximum atomic E-state index is 12.7. The van der Waals surface area contributed by atoms with Gasteiger partial charge in [-0.1, -0.05) is 36.4 Å². The Morgan fingerprint density at radius 2 is 1.55 bits per heavy atom.